The van der Waals surface area contributed by atoms with E-state index in [0.717, 1.165) is 33.4 Å². The molecule has 3 heterocycles. The molecule has 1 aliphatic rings. The van der Waals surface area contributed by atoms with Crippen LogP contribution in [0.5, 0.6) is 11.7 Å². The number of aromatic nitrogens is 2. The van der Waals surface area contributed by atoms with E-state index in [2.05, 4.69) is 72.8 Å². The molecule has 0 bridgehead atoms. The SMILES string of the molecule is [Pt+2].[c-]1c(Oc2[c-]c(-c3ccc4ccccc4n3)co2)cccc1C1(c2ccccn2)c2ccccc2-c2ccccc21. The Morgan fingerprint density at radius 2 is 1.40 bits per heavy atom. The average molecular weight is 722 g/mol. The molecular weight excluding hydrogens is 699 g/mol. The zero-order valence-corrected chi connectivity index (χ0v) is 24.5. The molecule has 4 nitrogen and oxygen atoms in total. The van der Waals surface area contributed by atoms with E-state index in [9.17, 15) is 0 Å². The van der Waals surface area contributed by atoms with E-state index in [4.69, 9.17) is 19.1 Å². The Morgan fingerprint density at radius 1 is 0.667 bits per heavy atom. The zero-order valence-electron chi connectivity index (χ0n) is 22.2. The van der Waals surface area contributed by atoms with E-state index in [1.54, 1.807) is 6.26 Å². The first-order valence-corrected chi connectivity index (χ1v) is 13.5. The fourth-order valence-corrected chi connectivity index (χ4v) is 6.02. The van der Waals surface area contributed by atoms with Crippen molar-refractivity contribution >= 4 is 10.9 Å². The van der Waals surface area contributed by atoms with E-state index >= 15 is 0 Å². The topological polar surface area (TPSA) is 48.2 Å². The molecule has 0 N–H and O–H groups in total. The smallest absolute Gasteiger partial charge is 0.507 e. The minimum Gasteiger partial charge on any atom is -0.507 e. The van der Waals surface area contributed by atoms with Gasteiger partial charge in [0.25, 0.3) is 0 Å². The minimum atomic E-state index is -0.652. The van der Waals surface area contributed by atoms with Gasteiger partial charge in [-0.1, -0.05) is 91.0 Å². The van der Waals surface area contributed by atoms with Gasteiger partial charge in [0, 0.05) is 11.9 Å². The number of furan rings is 1. The maximum Gasteiger partial charge on any atom is 2.00 e. The van der Waals surface area contributed by atoms with Gasteiger partial charge in [0.2, 0.25) is 5.95 Å². The summed E-state index contributed by atoms with van der Waals surface area (Å²) in [6, 6.07) is 47.9. The number of ether oxygens (including phenoxy) is 1. The predicted octanol–water partition coefficient (Wildman–Crippen LogP) is 8.64. The number of rotatable bonds is 5. The summed E-state index contributed by atoms with van der Waals surface area (Å²) in [6.45, 7) is 0. The van der Waals surface area contributed by atoms with E-state index in [0.29, 0.717) is 5.75 Å². The number of hydrogen-bond donors (Lipinski definition) is 0. The first-order valence-electron chi connectivity index (χ1n) is 13.5. The van der Waals surface area contributed by atoms with Gasteiger partial charge in [0.1, 0.15) is 0 Å². The second kappa shape index (κ2) is 10.6. The van der Waals surface area contributed by atoms with Crippen LogP contribution in [0, 0.1) is 12.1 Å². The zero-order chi connectivity index (χ0) is 27.2. The number of para-hydroxylation sites is 1. The Kier molecular flexibility index (Phi) is 6.57. The number of benzene rings is 4. The second-order valence-corrected chi connectivity index (χ2v) is 10.0. The second-order valence-electron chi connectivity index (χ2n) is 10.0. The van der Waals surface area contributed by atoms with Gasteiger partial charge in [-0.05, 0) is 57.8 Å². The van der Waals surface area contributed by atoms with Crippen LogP contribution in [0.25, 0.3) is 33.3 Å². The third kappa shape index (κ3) is 4.10. The molecule has 0 fully saturated rings. The molecule has 5 heteroatoms. The van der Waals surface area contributed by atoms with E-state index in [1.807, 2.05) is 66.9 Å². The van der Waals surface area contributed by atoms with Gasteiger partial charge in [-0.25, -0.2) is 0 Å². The van der Waals surface area contributed by atoms with Gasteiger partial charge in [0.05, 0.1) is 16.6 Å². The van der Waals surface area contributed by atoms with Gasteiger partial charge in [-0.2, -0.15) is 12.1 Å². The third-order valence-electron chi connectivity index (χ3n) is 7.77. The van der Waals surface area contributed by atoms with Gasteiger partial charge in [-0.15, -0.1) is 23.3 Å². The summed E-state index contributed by atoms with van der Waals surface area (Å²) < 4.78 is 12.0. The van der Waals surface area contributed by atoms with Crippen molar-refractivity contribution in [1.29, 1.82) is 0 Å². The van der Waals surface area contributed by atoms with Crippen LogP contribution < -0.4 is 4.74 Å². The summed E-state index contributed by atoms with van der Waals surface area (Å²) >= 11 is 0. The molecule has 3 aromatic heterocycles. The summed E-state index contributed by atoms with van der Waals surface area (Å²) in [5.74, 6) is 0.783. The summed E-state index contributed by atoms with van der Waals surface area (Å²) in [7, 11) is 0. The Morgan fingerprint density at radius 3 is 2.19 bits per heavy atom. The standard InChI is InChI=1S/C37H22N2O2.Pt/c1-6-17-33-25(10-1)19-20-34(39-33)26-22-36(40-24-26)41-28-12-9-11-27(23-28)37(35-18-7-8-21-38-35)31-15-4-2-13-29(31)30-14-3-5-16-32(30)37;/h1-21,24H;/q-2;+2. The van der Waals surface area contributed by atoms with E-state index in [1.165, 1.54) is 22.3 Å². The monoisotopic (exact) mass is 721 g/mol. The largest absolute Gasteiger partial charge is 2.00 e. The van der Waals surface area contributed by atoms with E-state index in [-0.39, 0.29) is 27.0 Å². The molecule has 4 aromatic carbocycles. The maximum absolute atomic E-state index is 6.20. The molecule has 0 aliphatic heterocycles. The molecule has 0 atom stereocenters. The van der Waals surface area contributed by atoms with Crippen LogP contribution in [0.1, 0.15) is 22.4 Å². The average Bonchev–Trinajstić information content (AvgIpc) is 3.63. The summed E-state index contributed by atoms with van der Waals surface area (Å²) in [5, 5.41) is 1.08. The fraction of sp³-hybridized carbons (Fsp3) is 0.0270. The van der Waals surface area contributed by atoms with Crippen LogP contribution in [0.3, 0.4) is 0 Å². The molecular formula is C37H22N2O2Pt. The number of nitrogens with zero attached hydrogens (tertiary/aromatic N) is 2. The van der Waals surface area contributed by atoms with Crippen molar-refractivity contribution in [3.8, 4) is 34.1 Å². The van der Waals surface area contributed by atoms with Crippen molar-refractivity contribution in [3.63, 3.8) is 0 Å². The number of fused-ring (bicyclic) bond motifs is 4. The molecule has 1 aliphatic carbocycles. The Bertz CT molecular complexity index is 2010. The van der Waals surface area contributed by atoms with Crippen LogP contribution in [-0.4, -0.2) is 9.97 Å². The normalized spacial score (nSPS) is 12.8. The molecule has 0 unspecified atom stereocenters. The Hall–Kier alpha value is -4.79. The molecule has 7 aromatic rings. The summed E-state index contributed by atoms with van der Waals surface area (Å²) in [6.07, 6.45) is 3.47. The molecule has 0 amide bonds. The molecule has 42 heavy (non-hydrogen) atoms. The first kappa shape index (κ1) is 26.1. The van der Waals surface area contributed by atoms with Crippen LogP contribution in [0.2, 0.25) is 0 Å². The molecule has 202 valence electrons. The third-order valence-corrected chi connectivity index (χ3v) is 7.77. The van der Waals surface area contributed by atoms with Crippen molar-refractivity contribution in [2.45, 2.75) is 5.41 Å². The Balaban J connectivity index is 0.00000288. The first-order chi connectivity index (χ1) is 20.3. The van der Waals surface area contributed by atoms with Gasteiger partial charge < -0.3 is 14.1 Å². The fourth-order valence-electron chi connectivity index (χ4n) is 6.02. The van der Waals surface area contributed by atoms with Gasteiger partial charge in [-0.3, -0.25) is 4.98 Å². The number of hydrogen-bond acceptors (Lipinski definition) is 4. The predicted molar refractivity (Wildman–Crippen MR) is 159 cm³/mol. The minimum absolute atomic E-state index is 0. The van der Waals surface area contributed by atoms with E-state index < -0.39 is 5.41 Å². The van der Waals surface area contributed by atoms with Crippen LogP contribution in [0.15, 0.2) is 138 Å². The quantitative estimate of drug-likeness (QED) is 0.167. The van der Waals surface area contributed by atoms with Crippen LogP contribution in [0.4, 0.5) is 0 Å². The molecule has 0 radical (unpaired) electrons. The van der Waals surface area contributed by atoms with Crippen molar-refractivity contribution in [1.82, 2.24) is 9.97 Å². The van der Waals surface area contributed by atoms with Gasteiger partial charge in [0.15, 0.2) is 0 Å². The van der Waals surface area contributed by atoms with Crippen LogP contribution in [-0.2, 0) is 26.5 Å². The molecule has 0 saturated carbocycles. The van der Waals surface area contributed by atoms with Crippen molar-refractivity contribution < 1.29 is 30.2 Å². The van der Waals surface area contributed by atoms with Gasteiger partial charge >= 0.3 is 21.1 Å². The van der Waals surface area contributed by atoms with Crippen molar-refractivity contribution in [3.05, 3.63) is 168 Å². The molecule has 0 spiro atoms. The molecule has 8 rings (SSSR count). The van der Waals surface area contributed by atoms with Crippen molar-refractivity contribution in [2.75, 3.05) is 0 Å². The maximum atomic E-state index is 6.20. The molecule has 0 saturated heterocycles. The Labute approximate surface area is 257 Å². The summed E-state index contributed by atoms with van der Waals surface area (Å²) in [5.41, 5.74) is 8.36. The van der Waals surface area contributed by atoms with Crippen LogP contribution >= 0.6 is 0 Å². The number of pyridine rings is 2. The summed E-state index contributed by atoms with van der Waals surface area (Å²) in [4.78, 5) is 9.64. The van der Waals surface area contributed by atoms with Crippen molar-refractivity contribution in [2.24, 2.45) is 0 Å².